The molecule has 0 spiro atoms. The van der Waals surface area contributed by atoms with E-state index in [0.717, 1.165) is 5.56 Å². The molecule has 3 aromatic rings. The van der Waals surface area contributed by atoms with Gasteiger partial charge in [0.2, 0.25) is 0 Å². The quantitative estimate of drug-likeness (QED) is 0.746. The van der Waals surface area contributed by atoms with Crippen LogP contribution in [0.15, 0.2) is 41.4 Å². The number of rotatable bonds is 3. The standard InChI is InChI=1S/C12H10N6O/c13-11-10(15-5-6-16-11)12-17-9(18-19-12)7-8-1-3-14-4-2-8/h1-6H,7H2,(H2,13,16). The molecule has 0 atom stereocenters. The van der Waals surface area contributed by atoms with Crippen LogP contribution in [0, 0.1) is 0 Å². The summed E-state index contributed by atoms with van der Waals surface area (Å²) in [6.07, 6.45) is 7.03. The third-order valence-electron chi connectivity index (χ3n) is 2.51. The largest absolute Gasteiger partial charge is 0.382 e. The Bertz CT molecular complexity index is 681. The maximum atomic E-state index is 5.70. The highest BCUT2D eigenvalue weighted by Crippen LogP contribution is 2.19. The first-order valence-electron chi connectivity index (χ1n) is 5.61. The van der Waals surface area contributed by atoms with Crippen molar-refractivity contribution in [3.63, 3.8) is 0 Å². The lowest BCUT2D eigenvalue weighted by atomic mass is 10.2. The van der Waals surface area contributed by atoms with Crippen molar-refractivity contribution in [2.24, 2.45) is 0 Å². The molecular weight excluding hydrogens is 244 g/mol. The van der Waals surface area contributed by atoms with Gasteiger partial charge in [-0.1, -0.05) is 5.16 Å². The van der Waals surface area contributed by atoms with Gasteiger partial charge in [0.1, 0.15) is 0 Å². The van der Waals surface area contributed by atoms with Crippen LogP contribution in [0.25, 0.3) is 11.6 Å². The van der Waals surface area contributed by atoms with E-state index in [9.17, 15) is 0 Å². The predicted molar refractivity (Wildman–Crippen MR) is 66.8 cm³/mol. The summed E-state index contributed by atoms with van der Waals surface area (Å²) in [6, 6.07) is 3.79. The molecule has 3 rings (SSSR count). The van der Waals surface area contributed by atoms with Gasteiger partial charge >= 0.3 is 0 Å². The fourth-order valence-electron chi connectivity index (χ4n) is 1.62. The van der Waals surface area contributed by atoms with Crippen molar-refractivity contribution >= 4 is 5.82 Å². The second-order valence-electron chi connectivity index (χ2n) is 3.84. The molecule has 0 aliphatic carbocycles. The maximum Gasteiger partial charge on any atom is 0.280 e. The third-order valence-corrected chi connectivity index (χ3v) is 2.51. The molecule has 3 aromatic heterocycles. The molecule has 94 valence electrons. The summed E-state index contributed by atoms with van der Waals surface area (Å²) < 4.78 is 5.14. The number of pyridine rings is 1. The molecule has 0 aliphatic rings. The molecule has 19 heavy (non-hydrogen) atoms. The third kappa shape index (κ3) is 2.39. The van der Waals surface area contributed by atoms with Gasteiger partial charge in [-0.15, -0.1) is 0 Å². The Balaban J connectivity index is 1.86. The highest BCUT2D eigenvalue weighted by Gasteiger charge is 2.13. The summed E-state index contributed by atoms with van der Waals surface area (Å²) in [5, 5.41) is 3.90. The van der Waals surface area contributed by atoms with E-state index >= 15 is 0 Å². The van der Waals surface area contributed by atoms with Gasteiger partial charge in [-0.25, -0.2) is 9.97 Å². The van der Waals surface area contributed by atoms with Gasteiger partial charge in [0.15, 0.2) is 17.3 Å². The summed E-state index contributed by atoms with van der Waals surface area (Å²) in [5.74, 6) is 1.10. The Labute approximate surface area is 108 Å². The lowest BCUT2D eigenvalue weighted by Crippen LogP contribution is -1.96. The Morgan fingerprint density at radius 3 is 2.63 bits per heavy atom. The normalized spacial score (nSPS) is 10.5. The number of hydrogen-bond donors (Lipinski definition) is 1. The number of hydrogen-bond acceptors (Lipinski definition) is 7. The Morgan fingerprint density at radius 1 is 1.05 bits per heavy atom. The van der Waals surface area contributed by atoms with E-state index < -0.39 is 0 Å². The molecular formula is C12H10N6O. The highest BCUT2D eigenvalue weighted by molar-refractivity contribution is 5.61. The van der Waals surface area contributed by atoms with Gasteiger partial charge in [-0.05, 0) is 17.7 Å². The Morgan fingerprint density at radius 2 is 1.84 bits per heavy atom. The van der Waals surface area contributed by atoms with E-state index in [0.29, 0.717) is 17.9 Å². The lowest BCUT2D eigenvalue weighted by molar-refractivity contribution is 0.422. The van der Waals surface area contributed by atoms with E-state index in [-0.39, 0.29) is 11.7 Å². The first kappa shape index (κ1) is 11.3. The molecule has 3 heterocycles. The van der Waals surface area contributed by atoms with Crippen molar-refractivity contribution in [3.8, 4) is 11.6 Å². The van der Waals surface area contributed by atoms with Gasteiger partial charge in [0.05, 0.1) is 0 Å². The van der Waals surface area contributed by atoms with Crippen LogP contribution in [0.2, 0.25) is 0 Å². The van der Waals surface area contributed by atoms with Crippen LogP contribution in [-0.4, -0.2) is 25.1 Å². The molecule has 0 unspecified atom stereocenters. The number of anilines is 1. The minimum Gasteiger partial charge on any atom is -0.382 e. The molecule has 7 heteroatoms. The van der Waals surface area contributed by atoms with Crippen LogP contribution < -0.4 is 5.73 Å². The molecule has 0 aromatic carbocycles. The van der Waals surface area contributed by atoms with Gasteiger partial charge < -0.3 is 10.3 Å². The van der Waals surface area contributed by atoms with Crippen molar-refractivity contribution < 1.29 is 4.52 Å². The molecule has 0 fully saturated rings. The average Bonchev–Trinajstić information content (AvgIpc) is 2.89. The molecule has 0 aliphatic heterocycles. The Kier molecular flexibility index (Phi) is 2.85. The van der Waals surface area contributed by atoms with Crippen LogP contribution in [-0.2, 0) is 6.42 Å². The topological polar surface area (TPSA) is 104 Å². The first-order valence-corrected chi connectivity index (χ1v) is 5.61. The van der Waals surface area contributed by atoms with Crippen molar-refractivity contribution in [1.29, 1.82) is 0 Å². The lowest BCUT2D eigenvalue weighted by Gasteiger charge is -1.96. The summed E-state index contributed by atoms with van der Waals surface area (Å²) >= 11 is 0. The zero-order valence-corrected chi connectivity index (χ0v) is 9.89. The fourth-order valence-corrected chi connectivity index (χ4v) is 1.62. The van der Waals surface area contributed by atoms with Crippen molar-refractivity contribution in [2.45, 2.75) is 6.42 Å². The number of nitrogens with zero attached hydrogens (tertiary/aromatic N) is 5. The average molecular weight is 254 g/mol. The van der Waals surface area contributed by atoms with E-state index in [1.807, 2.05) is 12.1 Å². The zero-order valence-electron chi connectivity index (χ0n) is 9.89. The van der Waals surface area contributed by atoms with Crippen LogP contribution in [0.1, 0.15) is 11.4 Å². The smallest absolute Gasteiger partial charge is 0.280 e. The molecule has 7 nitrogen and oxygen atoms in total. The monoisotopic (exact) mass is 254 g/mol. The molecule has 0 radical (unpaired) electrons. The van der Waals surface area contributed by atoms with E-state index in [2.05, 4.69) is 25.1 Å². The van der Waals surface area contributed by atoms with Gasteiger partial charge in [-0.2, -0.15) is 4.98 Å². The zero-order chi connectivity index (χ0) is 13.1. The van der Waals surface area contributed by atoms with E-state index in [1.54, 1.807) is 12.4 Å². The van der Waals surface area contributed by atoms with Crippen LogP contribution >= 0.6 is 0 Å². The molecule has 2 N–H and O–H groups in total. The summed E-state index contributed by atoms with van der Waals surface area (Å²) in [7, 11) is 0. The maximum absolute atomic E-state index is 5.70. The minimum absolute atomic E-state index is 0.265. The van der Waals surface area contributed by atoms with E-state index in [4.69, 9.17) is 10.3 Å². The predicted octanol–water partition coefficient (Wildman–Crippen LogP) is 1.09. The second kappa shape index (κ2) is 4.81. The Hall–Kier alpha value is -2.83. The van der Waals surface area contributed by atoms with Crippen molar-refractivity contribution in [3.05, 3.63) is 48.3 Å². The highest BCUT2D eigenvalue weighted by atomic mass is 16.5. The summed E-state index contributed by atoms with van der Waals surface area (Å²) in [6.45, 7) is 0. The minimum atomic E-state index is 0.265. The molecule has 0 bridgehead atoms. The number of nitrogens with two attached hydrogens (primary N) is 1. The number of aromatic nitrogens is 5. The van der Waals surface area contributed by atoms with Gasteiger partial charge in [-0.3, -0.25) is 4.98 Å². The van der Waals surface area contributed by atoms with Crippen molar-refractivity contribution in [2.75, 3.05) is 5.73 Å². The SMILES string of the molecule is Nc1nccnc1-c1nc(Cc2ccncc2)no1. The summed E-state index contributed by atoms with van der Waals surface area (Å²) in [5.41, 5.74) is 7.15. The van der Waals surface area contributed by atoms with E-state index in [1.165, 1.54) is 12.4 Å². The number of nitrogen functional groups attached to an aromatic ring is 1. The second-order valence-corrected chi connectivity index (χ2v) is 3.84. The van der Waals surface area contributed by atoms with Gasteiger partial charge in [0, 0.05) is 31.2 Å². The van der Waals surface area contributed by atoms with Crippen LogP contribution in [0.4, 0.5) is 5.82 Å². The van der Waals surface area contributed by atoms with Gasteiger partial charge in [0.25, 0.3) is 5.89 Å². The molecule has 0 saturated carbocycles. The van der Waals surface area contributed by atoms with Crippen molar-refractivity contribution in [1.82, 2.24) is 25.1 Å². The van der Waals surface area contributed by atoms with Crippen LogP contribution in [0.3, 0.4) is 0 Å². The molecule has 0 amide bonds. The van der Waals surface area contributed by atoms with Crippen LogP contribution in [0.5, 0.6) is 0 Å². The summed E-state index contributed by atoms with van der Waals surface area (Å²) in [4.78, 5) is 16.2. The molecule has 0 saturated heterocycles. The fraction of sp³-hybridized carbons (Fsp3) is 0.0833. The first-order chi connectivity index (χ1) is 9.33.